The van der Waals surface area contributed by atoms with Crippen LogP contribution >= 0.6 is 0 Å². The van der Waals surface area contributed by atoms with Gasteiger partial charge >= 0.3 is 6.18 Å². The minimum Gasteiger partial charge on any atom is -0.490 e. The van der Waals surface area contributed by atoms with Crippen molar-refractivity contribution in [2.75, 3.05) is 20.3 Å². The first kappa shape index (κ1) is 25.9. The Morgan fingerprint density at radius 3 is 2.38 bits per heavy atom. The van der Waals surface area contributed by atoms with E-state index in [2.05, 4.69) is 9.97 Å². The molecule has 194 valence electrons. The van der Waals surface area contributed by atoms with Crippen LogP contribution in [0, 0.1) is 17.5 Å². The van der Waals surface area contributed by atoms with Gasteiger partial charge in [-0.05, 0) is 24.3 Å². The Hall–Kier alpha value is -4.13. The van der Waals surface area contributed by atoms with Gasteiger partial charge in [-0.1, -0.05) is 0 Å². The maximum atomic E-state index is 14.1. The molecule has 4 rings (SSSR count). The van der Waals surface area contributed by atoms with E-state index in [9.17, 15) is 31.1 Å². The zero-order valence-electron chi connectivity index (χ0n) is 19.0. The number of alkyl halides is 3. The highest BCUT2D eigenvalue weighted by molar-refractivity contribution is 5.79. The molecule has 2 aromatic carbocycles. The van der Waals surface area contributed by atoms with Crippen LogP contribution < -0.4 is 15.0 Å². The maximum absolute atomic E-state index is 14.1. The third kappa shape index (κ3) is 5.66. The van der Waals surface area contributed by atoms with Crippen molar-refractivity contribution in [3.05, 3.63) is 87.9 Å². The number of ether oxygens (including phenoxy) is 3. The molecule has 2 heterocycles. The first-order valence-electron chi connectivity index (χ1n) is 10.6. The molecule has 4 aromatic rings. The highest BCUT2D eigenvalue weighted by Crippen LogP contribution is 2.42. The quantitative estimate of drug-likeness (QED) is 0.236. The molecule has 2 aromatic heterocycles. The summed E-state index contributed by atoms with van der Waals surface area (Å²) in [6.45, 7) is -0.548. The van der Waals surface area contributed by atoms with Crippen LogP contribution in [-0.2, 0) is 17.5 Å². The Morgan fingerprint density at radius 2 is 1.70 bits per heavy atom. The van der Waals surface area contributed by atoms with E-state index in [-0.39, 0.29) is 29.9 Å². The second-order valence-electron chi connectivity index (χ2n) is 7.63. The lowest BCUT2D eigenvalue weighted by Gasteiger charge is -2.17. The molecule has 0 atom stereocenters. The SMILES string of the molecule is COCCOc1ccnc(Oc2ccc3c(c2)c(=O)ncn3Cc2c(F)cc(F)cc2F)c1C(F)(F)F. The van der Waals surface area contributed by atoms with Gasteiger partial charge in [0, 0.05) is 31.0 Å². The highest BCUT2D eigenvalue weighted by Gasteiger charge is 2.39. The molecule has 0 aliphatic carbocycles. The Kier molecular flexibility index (Phi) is 7.34. The summed E-state index contributed by atoms with van der Waals surface area (Å²) in [6.07, 6.45) is -2.79. The smallest absolute Gasteiger partial charge is 0.425 e. The molecule has 7 nitrogen and oxygen atoms in total. The predicted molar refractivity (Wildman–Crippen MR) is 118 cm³/mol. The lowest BCUT2D eigenvalue weighted by molar-refractivity contribution is -0.140. The molecule has 0 N–H and O–H groups in total. The summed E-state index contributed by atoms with van der Waals surface area (Å²) < 4.78 is 99.5. The summed E-state index contributed by atoms with van der Waals surface area (Å²) >= 11 is 0. The van der Waals surface area contributed by atoms with Crippen molar-refractivity contribution in [2.24, 2.45) is 0 Å². The molecule has 0 bridgehead atoms. The molecule has 0 saturated heterocycles. The summed E-state index contributed by atoms with van der Waals surface area (Å²) in [7, 11) is 1.37. The summed E-state index contributed by atoms with van der Waals surface area (Å²) in [5.41, 5.74) is -2.36. The first-order valence-corrected chi connectivity index (χ1v) is 10.6. The second-order valence-corrected chi connectivity index (χ2v) is 7.63. The van der Waals surface area contributed by atoms with Crippen LogP contribution in [-0.4, -0.2) is 34.9 Å². The average Bonchev–Trinajstić information content (AvgIpc) is 2.82. The lowest BCUT2D eigenvalue weighted by atomic mass is 10.1. The van der Waals surface area contributed by atoms with E-state index < -0.39 is 58.5 Å². The molecule has 0 unspecified atom stereocenters. The Balaban J connectivity index is 1.72. The van der Waals surface area contributed by atoms with E-state index in [1.54, 1.807) is 0 Å². The normalized spacial score (nSPS) is 11.6. The number of halogens is 6. The minimum atomic E-state index is -4.89. The molecular formula is C24H17F6N3O4. The molecule has 0 aliphatic heterocycles. The van der Waals surface area contributed by atoms with Crippen LogP contribution in [0.3, 0.4) is 0 Å². The number of pyridine rings is 1. The van der Waals surface area contributed by atoms with Gasteiger partial charge in [-0.25, -0.2) is 18.2 Å². The van der Waals surface area contributed by atoms with Crippen molar-refractivity contribution in [3.8, 4) is 17.4 Å². The molecule has 37 heavy (non-hydrogen) atoms. The van der Waals surface area contributed by atoms with Crippen LogP contribution in [0.25, 0.3) is 10.9 Å². The zero-order valence-corrected chi connectivity index (χ0v) is 19.0. The lowest BCUT2D eigenvalue weighted by Crippen LogP contribution is -2.15. The molecule has 0 fully saturated rings. The monoisotopic (exact) mass is 525 g/mol. The molecule has 0 saturated carbocycles. The van der Waals surface area contributed by atoms with Crippen LogP contribution in [0.1, 0.15) is 11.1 Å². The van der Waals surface area contributed by atoms with Gasteiger partial charge in [-0.15, -0.1) is 0 Å². The number of benzene rings is 2. The molecule has 0 aliphatic rings. The zero-order chi connectivity index (χ0) is 26.7. The van der Waals surface area contributed by atoms with E-state index in [1.165, 1.54) is 23.8 Å². The summed E-state index contributed by atoms with van der Waals surface area (Å²) in [5, 5.41) is -0.107. The number of methoxy groups -OCH3 is 1. The van der Waals surface area contributed by atoms with Crippen LogP contribution in [0.15, 0.2) is 53.7 Å². The van der Waals surface area contributed by atoms with Gasteiger partial charge in [0.2, 0.25) is 5.88 Å². The fourth-order valence-corrected chi connectivity index (χ4v) is 3.50. The maximum Gasteiger partial charge on any atom is 0.425 e. The summed E-state index contributed by atoms with van der Waals surface area (Å²) in [6, 6.07) is 5.73. The second kappa shape index (κ2) is 10.5. The van der Waals surface area contributed by atoms with Gasteiger partial charge in [0.05, 0.1) is 30.4 Å². The van der Waals surface area contributed by atoms with Crippen molar-refractivity contribution in [2.45, 2.75) is 12.7 Å². The van der Waals surface area contributed by atoms with Gasteiger partial charge in [0.15, 0.2) is 5.56 Å². The van der Waals surface area contributed by atoms with E-state index >= 15 is 0 Å². The average molecular weight is 525 g/mol. The van der Waals surface area contributed by atoms with Crippen molar-refractivity contribution >= 4 is 10.9 Å². The van der Waals surface area contributed by atoms with Crippen LogP contribution in [0.4, 0.5) is 26.3 Å². The first-order chi connectivity index (χ1) is 17.6. The van der Waals surface area contributed by atoms with Crippen molar-refractivity contribution in [3.63, 3.8) is 0 Å². The fraction of sp³-hybridized carbons (Fsp3) is 0.208. The fourth-order valence-electron chi connectivity index (χ4n) is 3.50. The number of hydrogen-bond acceptors (Lipinski definition) is 6. The molecule has 0 amide bonds. The Bertz CT molecular complexity index is 1480. The summed E-state index contributed by atoms with van der Waals surface area (Å²) in [4.78, 5) is 19.7. The van der Waals surface area contributed by atoms with E-state index in [1.807, 2.05) is 0 Å². The third-order valence-corrected chi connectivity index (χ3v) is 5.18. The standard InChI is InChI=1S/C24H17F6N3O4/c1-35-6-7-36-20-4-5-31-23(21(20)24(28,29)30)37-14-2-3-19-15(10-14)22(34)32-12-33(19)11-16-17(26)8-13(25)9-18(16)27/h2-5,8-10,12H,6-7,11H2,1H3. The van der Waals surface area contributed by atoms with Crippen LogP contribution in [0.2, 0.25) is 0 Å². The predicted octanol–water partition coefficient (Wildman–Crippen LogP) is 5.09. The van der Waals surface area contributed by atoms with Crippen molar-refractivity contribution < 1.29 is 40.6 Å². The minimum absolute atomic E-state index is 0.0471. The van der Waals surface area contributed by atoms with Gasteiger partial charge in [0.1, 0.15) is 35.6 Å². The van der Waals surface area contributed by atoms with Gasteiger partial charge in [0.25, 0.3) is 5.56 Å². The van der Waals surface area contributed by atoms with Gasteiger partial charge < -0.3 is 18.8 Å². The van der Waals surface area contributed by atoms with Crippen molar-refractivity contribution in [1.82, 2.24) is 14.5 Å². The van der Waals surface area contributed by atoms with E-state index in [4.69, 9.17) is 14.2 Å². The van der Waals surface area contributed by atoms with Gasteiger partial charge in [-0.3, -0.25) is 4.79 Å². The van der Waals surface area contributed by atoms with Crippen molar-refractivity contribution in [1.29, 1.82) is 0 Å². The van der Waals surface area contributed by atoms with E-state index in [0.717, 1.165) is 24.7 Å². The number of fused-ring (bicyclic) bond motifs is 1. The van der Waals surface area contributed by atoms with E-state index in [0.29, 0.717) is 12.1 Å². The molecular weight excluding hydrogens is 508 g/mol. The molecule has 13 heteroatoms. The largest absolute Gasteiger partial charge is 0.490 e. The number of nitrogens with zero attached hydrogens (tertiary/aromatic N) is 3. The highest BCUT2D eigenvalue weighted by atomic mass is 19.4. The van der Waals surface area contributed by atoms with Crippen LogP contribution in [0.5, 0.6) is 17.4 Å². The Labute approximate surface area is 204 Å². The molecule has 0 radical (unpaired) electrons. The number of hydrogen-bond donors (Lipinski definition) is 0. The molecule has 0 spiro atoms. The topological polar surface area (TPSA) is 75.5 Å². The van der Waals surface area contributed by atoms with Gasteiger partial charge in [-0.2, -0.15) is 18.2 Å². The Morgan fingerprint density at radius 1 is 0.973 bits per heavy atom. The number of rotatable bonds is 8. The summed E-state index contributed by atoms with van der Waals surface area (Å²) in [5.74, 6) is -4.90. The third-order valence-electron chi connectivity index (χ3n) is 5.18. The number of aromatic nitrogens is 3.